The minimum atomic E-state index is 0.685. The summed E-state index contributed by atoms with van der Waals surface area (Å²) in [5.74, 6) is 1.46. The molecule has 0 N–H and O–H groups in total. The van der Waals surface area contributed by atoms with Crippen LogP contribution in [0.4, 0.5) is 0 Å². The van der Waals surface area contributed by atoms with E-state index in [0.29, 0.717) is 12.4 Å². The summed E-state index contributed by atoms with van der Waals surface area (Å²) in [6.45, 7) is 1.44. The van der Waals surface area contributed by atoms with Crippen LogP contribution in [0.25, 0.3) is 0 Å². The summed E-state index contributed by atoms with van der Waals surface area (Å²) in [6.07, 6.45) is 0.933. The zero-order valence-electron chi connectivity index (χ0n) is 6.09. The van der Waals surface area contributed by atoms with Crippen molar-refractivity contribution in [2.75, 3.05) is 13.2 Å². The Kier molecular flexibility index (Phi) is 1.57. The average Bonchev–Trinajstić information content (AvgIpc) is 2.28. The highest BCUT2D eigenvalue weighted by atomic mass is 16.5. The van der Waals surface area contributed by atoms with Crippen LogP contribution in [0.1, 0.15) is 6.42 Å². The molecule has 1 heterocycles. The van der Waals surface area contributed by atoms with Gasteiger partial charge in [-0.05, 0) is 18.2 Å². The minimum Gasteiger partial charge on any atom is -0.489 e. The fourth-order valence-electron chi connectivity index (χ4n) is 0.998. The molecule has 0 aromatic heterocycles. The van der Waals surface area contributed by atoms with Crippen LogP contribution < -0.4 is 9.47 Å². The second kappa shape index (κ2) is 2.71. The molecule has 0 aliphatic carbocycles. The first-order valence-electron chi connectivity index (χ1n) is 3.65. The summed E-state index contributed by atoms with van der Waals surface area (Å²) in [6, 6.07) is 9.29. The molecule has 0 fully saturated rings. The van der Waals surface area contributed by atoms with E-state index in [-0.39, 0.29) is 0 Å². The highest BCUT2D eigenvalue weighted by molar-refractivity contribution is 5.36. The van der Waals surface area contributed by atoms with Crippen molar-refractivity contribution in [3.63, 3.8) is 0 Å². The van der Waals surface area contributed by atoms with Crippen molar-refractivity contribution in [3.8, 4) is 11.5 Å². The maximum atomic E-state index is 5.37. The number of ether oxygens (including phenoxy) is 2. The van der Waals surface area contributed by atoms with Gasteiger partial charge in [-0.15, -0.1) is 0 Å². The molecule has 56 valence electrons. The molecule has 2 nitrogen and oxygen atoms in total. The molecule has 1 aromatic carbocycles. The van der Waals surface area contributed by atoms with Crippen molar-refractivity contribution in [1.82, 2.24) is 0 Å². The molecule has 0 spiro atoms. The zero-order chi connectivity index (χ0) is 7.52. The predicted octanol–water partition coefficient (Wildman–Crippen LogP) is 1.45. The SMILES string of the molecule is c1ccc2c(c#1)OCCCO2. The lowest BCUT2D eigenvalue weighted by atomic mass is 10.4. The molecule has 0 bridgehead atoms. The maximum absolute atomic E-state index is 5.37. The second-order valence-electron chi connectivity index (χ2n) is 2.35. The van der Waals surface area contributed by atoms with Crippen LogP contribution in [0.15, 0.2) is 12.1 Å². The third kappa shape index (κ3) is 1.22. The van der Waals surface area contributed by atoms with E-state index >= 15 is 0 Å². The van der Waals surface area contributed by atoms with Crippen molar-refractivity contribution in [1.29, 1.82) is 0 Å². The summed E-state index contributed by atoms with van der Waals surface area (Å²) >= 11 is 0. The highest BCUT2D eigenvalue weighted by Gasteiger charge is 2.06. The normalized spacial score (nSPS) is 14.9. The number of fused-ring (bicyclic) bond motifs is 1. The van der Waals surface area contributed by atoms with E-state index in [1.165, 1.54) is 0 Å². The fourth-order valence-corrected chi connectivity index (χ4v) is 0.998. The molecular weight excluding hydrogens is 140 g/mol. The molecule has 0 unspecified atom stereocenters. The molecule has 0 amide bonds. The molecule has 1 aliphatic rings. The Bertz CT molecular complexity index is 220. The van der Waals surface area contributed by atoms with Gasteiger partial charge in [0.1, 0.15) is 0 Å². The predicted molar refractivity (Wildman–Crippen MR) is 39.7 cm³/mol. The van der Waals surface area contributed by atoms with Crippen LogP contribution >= 0.6 is 0 Å². The Morgan fingerprint density at radius 1 is 1.27 bits per heavy atom. The first kappa shape index (κ1) is 6.36. The van der Waals surface area contributed by atoms with Gasteiger partial charge >= 0.3 is 0 Å². The van der Waals surface area contributed by atoms with Gasteiger partial charge in [0.2, 0.25) is 5.75 Å². The fraction of sp³-hybridized carbons (Fsp3) is 0.333. The topological polar surface area (TPSA) is 18.5 Å². The van der Waals surface area contributed by atoms with Crippen molar-refractivity contribution in [2.45, 2.75) is 6.42 Å². The molecule has 11 heavy (non-hydrogen) atoms. The van der Waals surface area contributed by atoms with E-state index in [0.717, 1.165) is 18.8 Å². The Morgan fingerprint density at radius 2 is 2.18 bits per heavy atom. The summed E-state index contributed by atoms with van der Waals surface area (Å²) < 4.78 is 10.7. The van der Waals surface area contributed by atoms with Crippen molar-refractivity contribution in [2.24, 2.45) is 0 Å². The third-order valence-corrected chi connectivity index (χ3v) is 1.52. The Labute approximate surface area is 65.7 Å². The van der Waals surface area contributed by atoms with E-state index in [2.05, 4.69) is 12.1 Å². The molecule has 0 saturated carbocycles. The largest absolute Gasteiger partial charge is 0.489 e. The van der Waals surface area contributed by atoms with Gasteiger partial charge in [-0.1, -0.05) is 6.07 Å². The number of hydrogen-bond acceptors (Lipinski definition) is 2. The van der Waals surface area contributed by atoms with Crippen molar-refractivity contribution >= 4 is 0 Å². The summed E-state index contributed by atoms with van der Waals surface area (Å²) in [5, 5.41) is 0. The van der Waals surface area contributed by atoms with Crippen LogP contribution in [0.5, 0.6) is 11.5 Å². The standard InChI is InChI=1S/C9H8O2/c1-2-5-9-8(4-1)10-6-3-7-11-9/h1,4H,3,6-7H2. The smallest absolute Gasteiger partial charge is 0.213 e. The van der Waals surface area contributed by atoms with Crippen LogP contribution in [-0.4, -0.2) is 13.2 Å². The lowest BCUT2D eigenvalue weighted by Crippen LogP contribution is -1.97. The van der Waals surface area contributed by atoms with Gasteiger partial charge in [0, 0.05) is 6.42 Å². The molecule has 2 heteroatoms. The summed E-state index contributed by atoms with van der Waals surface area (Å²) in [5.41, 5.74) is 0. The summed E-state index contributed by atoms with van der Waals surface area (Å²) in [4.78, 5) is 0. The van der Waals surface area contributed by atoms with Crippen LogP contribution in [0.3, 0.4) is 0 Å². The minimum absolute atomic E-state index is 0.685. The Hall–Kier alpha value is -1.36. The van der Waals surface area contributed by atoms with Gasteiger partial charge in [-0.25, -0.2) is 0 Å². The molecule has 1 aliphatic heterocycles. The van der Waals surface area contributed by atoms with E-state index in [1.807, 2.05) is 6.07 Å². The molecule has 0 atom stereocenters. The lowest BCUT2D eigenvalue weighted by Gasteiger charge is -2.01. The van der Waals surface area contributed by atoms with Crippen molar-refractivity contribution in [3.05, 3.63) is 24.3 Å². The summed E-state index contributed by atoms with van der Waals surface area (Å²) in [7, 11) is 0. The van der Waals surface area contributed by atoms with E-state index in [1.54, 1.807) is 6.07 Å². The van der Waals surface area contributed by atoms with Gasteiger partial charge in [0.05, 0.1) is 13.2 Å². The number of rotatable bonds is 0. The molecule has 0 saturated heterocycles. The second-order valence-corrected chi connectivity index (χ2v) is 2.35. The van der Waals surface area contributed by atoms with Crippen LogP contribution in [0, 0.1) is 12.1 Å². The van der Waals surface area contributed by atoms with Gasteiger partial charge in [-0.3, -0.25) is 0 Å². The first-order chi connectivity index (χ1) is 5.47. The maximum Gasteiger partial charge on any atom is 0.213 e. The average molecular weight is 148 g/mol. The van der Waals surface area contributed by atoms with Gasteiger partial charge in [-0.2, -0.15) is 0 Å². The molecule has 1 aromatic rings. The van der Waals surface area contributed by atoms with Gasteiger partial charge in [0.25, 0.3) is 0 Å². The van der Waals surface area contributed by atoms with Crippen LogP contribution in [0.2, 0.25) is 0 Å². The van der Waals surface area contributed by atoms with E-state index in [9.17, 15) is 0 Å². The quantitative estimate of drug-likeness (QED) is 0.554. The molecule has 0 radical (unpaired) electrons. The van der Waals surface area contributed by atoms with Crippen LogP contribution in [-0.2, 0) is 0 Å². The first-order valence-corrected chi connectivity index (χ1v) is 3.65. The zero-order valence-corrected chi connectivity index (χ0v) is 6.09. The Balaban J connectivity index is 2.33. The lowest BCUT2D eigenvalue weighted by molar-refractivity contribution is 0.297. The molecule has 2 rings (SSSR count). The van der Waals surface area contributed by atoms with Crippen molar-refractivity contribution < 1.29 is 9.47 Å². The highest BCUT2D eigenvalue weighted by Crippen LogP contribution is 2.25. The van der Waals surface area contributed by atoms with E-state index in [4.69, 9.17) is 9.47 Å². The monoisotopic (exact) mass is 148 g/mol. The van der Waals surface area contributed by atoms with Gasteiger partial charge < -0.3 is 9.47 Å². The van der Waals surface area contributed by atoms with Gasteiger partial charge in [0.15, 0.2) is 5.75 Å². The molecular formula is C9H8O2. The Morgan fingerprint density at radius 3 is 3.18 bits per heavy atom. The number of hydrogen-bond donors (Lipinski definition) is 0. The third-order valence-electron chi connectivity index (χ3n) is 1.52. The van der Waals surface area contributed by atoms with E-state index < -0.39 is 0 Å².